The Morgan fingerprint density at radius 2 is 2.29 bits per heavy atom. The quantitative estimate of drug-likeness (QED) is 0.678. The fraction of sp³-hybridized carbons (Fsp3) is 0.500. The molecule has 0 fully saturated rings. The van der Waals surface area contributed by atoms with E-state index in [1.807, 2.05) is 4.57 Å². The Hall–Kier alpha value is -0.300. The fourth-order valence-electron chi connectivity index (χ4n) is 1.56. The van der Waals surface area contributed by atoms with E-state index in [9.17, 15) is 4.79 Å². The van der Waals surface area contributed by atoms with Gasteiger partial charge in [-0.05, 0) is 34.2 Å². The minimum absolute atomic E-state index is 0.101. The van der Waals surface area contributed by atoms with E-state index in [0.29, 0.717) is 18.4 Å². The highest BCUT2D eigenvalue weighted by Gasteiger charge is 2.23. The molecule has 0 radical (unpaired) electrons. The third-order valence-corrected chi connectivity index (χ3v) is 3.51. The molecule has 1 aliphatic heterocycles. The van der Waals surface area contributed by atoms with Crippen LogP contribution in [0.5, 0.6) is 0 Å². The van der Waals surface area contributed by atoms with Crippen LogP contribution >= 0.6 is 34.2 Å². The number of amides is 1. The van der Waals surface area contributed by atoms with Gasteiger partial charge in [0.05, 0.1) is 12.2 Å². The van der Waals surface area contributed by atoms with Crippen molar-refractivity contribution in [2.75, 3.05) is 6.54 Å². The van der Waals surface area contributed by atoms with E-state index in [4.69, 9.17) is 11.6 Å². The molecular weight excluding hydrogens is 316 g/mol. The second kappa shape index (κ2) is 3.69. The Labute approximate surface area is 100 Å². The van der Waals surface area contributed by atoms with E-state index in [0.717, 1.165) is 15.9 Å². The van der Waals surface area contributed by atoms with Gasteiger partial charge in [-0.3, -0.25) is 4.79 Å². The molecule has 0 unspecified atom stereocenters. The van der Waals surface area contributed by atoms with Gasteiger partial charge in [-0.2, -0.15) is 0 Å². The summed E-state index contributed by atoms with van der Waals surface area (Å²) in [5.74, 6) is 0.101. The molecule has 4 nitrogen and oxygen atoms in total. The van der Waals surface area contributed by atoms with Gasteiger partial charge >= 0.3 is 0 Å². The monoisotopic (exact) mass is 325 g/mol. The zero-order chi connectivity index (χ0) is 10.3. The molecule has 6 heteroatoms. The van der Waals surface area contributed by atoms with Crippen LogP contribution in [0.2, 0.25) is 5.28 Å². The molecule has 0 aliphatic carbocycles. The number of fused-ring (bicyclic) bond motifs is 1. The molecule has 2 rings (SSSR count). The van der Waals surface area contributed by atoms with Gasteiger partial charge in [-0.1, -0.05) is 0 Å². The number of nitrogens with zero attached hydrogens (tertiary/aromatic N) is 3. The SMILES string of the molecule is CC(=O)N1CCn2c(Cl)nc(I)c2C1. The third-order valence-electron chi connectivity index (χ3n) is 2.36. The summed E-state index contributed by atoms with van der Waals surface area (Å²) in [6, 6.07) is 0. The Morgan fingerprint density at radius 3 is 2.93 bits per heavy atom. The normalized spacial score (nSPS) is 15.5. The highest BCUT2D eigenvalue weighted by Crippen LogP contribution is 2.23. The van der Waals surface area contributed by atoms with Gasteiger partial charge in [-0.25, -0.2) is 4.98 Å². The Bertz CT molecular complexity index is 390. The van der Waals surface area contributed by atoms with Crippen molar-refractivity contribution in [3.8, 4) is 0 Å². The van der Waals surface area contributed by atoms with Crippen molar-refractivity contribution in [1.82, 2.24) is 14.5 Å². The highest BCUT2D eigenvalue weighted by atomic mass is 127. The number of halogens is 2. The maximum atomic E-state index is 11.2. The molecule has 76 valence electrons. The summed E-state index contributed by atoms with van der Waals surface area (Å²) in [5, 5.41) is 0.521. The molecule has 0 spiro atoms. The summed E-state index contributed by atoms with van der Waals surface area (Å²) < 4.78 is 2.85. The third kappa shape index (κ3) is 1.63. The largest absolute Gasteiger partial charge is 0.335 e. The fourth-order valence-corrected chi connectivity index (χ4v) is 2.66. The number of imidazole rings is 1. The summed E-state index contributed by atoms with van der Waals surface area (Å²) in [6.07, 6.45) is 0. The highest BCUT2D eigenvalue weighted by molar-refractivity contribution is 14.1. The first-order valence-electron chi connectivity index (χ1n) is 4.25. The number of carbonyl (C=O) groups excluding carboxylic acids is 1. The molecule has 1 aromatic heterocycles. The molecule has 0 atom stereocenters. The van der Waals surface area contributed by atoms with Crippen LogP contribution in [0.1, 0.15) is 12.6 Å². The smallest absolute Gasteiger partial charge is 0.219 e. The lowest BCUT2D eigenvalue weighted by Crippen LogP contribution is -2.36. The van der Waals surface area contributed by atoms with E-state index < -0.39 is 0 Å². The lowest BCUT2D eigenvalue weighted by atomic mass is 10.3. The van der Waals surface area contributed by atoms with Crippen LogP contribution < -0.4 is 0 Å². The molecule has 14 heavy (non-hydrogen) atoms. The van der Waals surface area contributed by atoms with E-state index in [1.54, 1.807) is 11.8 Å². The van der Waals surface area contributed by atoms with E-state index in [2.05, 4.69) is 27.6 Å². The van der Waals surface area contributed by atoms with Crippen LogP contribution in [0, 0.1) is 3.70 Å². The van der Waals surface area contributed by atoms with Gasteiger partial charge < -0.3 is 9.47 Å². The minimum atomic E-state index is 0.101. The molecule has 2 heterocycles. The first kappa shape index (κ1) is 10.2. The Kier molecular flexibility index (Phi) is 2.70. The van der Waals surface area contributed by atoms with E-state index in [1.165, 1.54) is 0 Å². The summed E-state index contributed by atoms with van der Waals surface area (Å²) in [7, 11) is 0. The average Bonchev–Trinajstić information content (AvgIpc) is 2.42. The van der Waals surface area contributed by atoms with Crippen molar-refractivity contribution in [1.29, 1.82) is 0 Å². The van der Waals surface area contributed by atoms with Crippen molar-refractivity contribution < 1.29 is 4.79 Å². The summed E-state index contributed by atoms with van der Waals surface area (Å²) >= 11 is 8.08. The maximum absolute atomic E-state index is 11.2. The standard InChI is InChI=1S/C8H9ClIN3O/c1-5(14)12-2-3-13-6(4-12)7(10)11-8(13)9/h2-4H2,1H3. The molecular formula is C8H9ClIN3O. The summed E-state index contributed by atoms with van der Waals surface area (Å²) in [5.41, 5.74) is 1.04. The van der Waals surface area contributed by atoms with Crippen LogP contribution in [0.15, 0.2) is 0 Å². The molecule has 1 aliphatic rings. The lowest BCUT2D eigenvalue weighted by molar-refractivity contribution is -0.130. The summed E-state index contributed by atoms with van der Waals surface area (Å²) in [6.45, 7) is 3.66. The number of hydrogen-bond donors (Lipinski definition) is 0. The first-order valence-corrected chi connectivity index (χ1v) is 5.71. The van der Waals surface area contributed by atoms with Crippen molar-refractivity contribution in [3.63, 3.8) is 0 Å². The molecule has 0 saturated heterocycles. The van der Waals surface area contributed by atoms with Crippen LogP contribution in [0.25, 0.3) is 0 Å². The van der Waals surface area contributed by atoms with Gasteiger partial charge in [0.2, 0.25) is 11.2 Å². The van der Waals surface area contributed by atoms with Crippen LogP contribution in [0.4, 0.5) is 0 Å². The van der Waals surface area contributed by atoms with Gasteiger partial charge in [0.25, 0.3) is 0 Å². The Morgan fingerprint density at radius 1 is 1.57 bits per heavy atom. The number of rotatable bonds is 0. The average molecular weight is 326 g/mol. The van der Waals surface area contributed by atoms with Crippen LogP contribution in [-0.2, 0) is 17.9 Å². The molecule has 0 aromatic carbocycles. The molecule has 0 N–H and O–H groups in total. The first-order chi connectivity index (χ1) is 6.59. The molecule has 1 amide bonds. The van der Waals surface area contributed by atoms with Crippen molar-refractivity contribution in [3.05, 3.63) is 14.7 Å². The topological polar surface area (TPSA) is 38.1 Å². The van der Waals surface area contributed by atoms with Gasteiger partial charge in [0, 0.05) is 20.0 Å². The lowest BCUT2D eigenvalue weighted by Gasteiger charge is -2.27. The zero-order valence-electron chi connectivity index (χ0n) is 7.63. The second-order valence-electron chi connectivity index (χ2n) is 3.21. The second-order valence-corrected chi connectivity index (χ2v) is 4.57. The number of aromatic nitrogens is 2. The van der Waals surface area contributed by atoms with Crippen molar-refractivity contribution >= 4 is 40.1 Å². The van der Waals surface area contributed by atoms with E-state index in [-0.39, 0.29) is 5.91 Å². The van der Waals surface area contributed by atoms with Crippen LogP contribution in [-0.4, -0.2) is 26.9 Å². The predicted molar refractivity (Wildman–Crippen MR) is 61.0 cm³/mol. The maximum Gasteiger partial charge on any atom is 0.219 e. The van der Waals surface area contributed by atoms with Crippen LogP contribution in [0.3, 0.4) is 0 Å². The van der Waals surface area contributed by atoms with Crippen molar-refractivity contribution in [2.45, 2.75) is 20.0 Å². The van der Waals surface area contributed by atoms with Gasteiger partial charge in [0.15, 0.2) is 0 Å². The molecule has 1 aromatic rings. The Balaban J connectivity index is 2.34. The predicted octanol–water partition coefficient (Wildman–Crippen LogP) is 1.50. The summed E-state index contributed by atoms with van der Waals surface area (Å²) in [4.78, 5) is 17.2. The number of hydrogen-bond acceptors (Lipinski definition) is 2. The van der Waals surface area contributed by atoms with Gasteiger partial charge in [0.1, 0.15) is 3.70 Å². The number of carbonyl (C=O) groups is 1. The minimum Gasteiger partial charge on any atom is -0.335 e. The van der Waals surface area contributed by atoms with E-state index >= 15 is 0 Å². The van der Waals surface area contributed by atoms with Gasteiger partial charge in [-0.15, -0.1) is 0 Å². The molecule has 0 bridgehead atoms. The zero-order valence-corrected chi connectivity index (χ0v) is 10.5. The molecule has 0 saturated carbocycles. The van der Waals surface area contributed by atoms with Crippen molar-refractivity contribution in [2.24, 2.45) is 0 Å².